The van der Waals surface area contributed by atoms with E-state index in [-0.39, 0.29) is 11.7 Å². The number of hydrogen-bond acceptors (Lipinski definition) is 6. The Hall–Kier alpha value is -3.56. The standard InChI is InChI=1S/C27H26N4O5/c1-28-14-13-25-20-16-9-10-18(34-2)21(20)36-22(25)27(35-3)12-11-26(25,19(28)15-16)30-23(32)29(24(33)31(27)30)17-7-5-4-6-8-17/h4-12,19,22H,13-15H2,1-3H3. The van der Waals surface area contributed by atoms with Crippen LogP contribution in [0.2, 0.25) is 0 Å². The van der Waals surface area contributed by atoms with Gasteiger partial charge in [0.15, 0.2) is 17.6 Å². The molecule has 1 aromatic heterocycles. The number of aromatic nitrogens is 3. The molecule has 0 N–H and O–H groups in total. The maximum absolute atomic E-state index is 14.4. The molecule has 9 heteroatoms. The summed E-state index contributed by atoms with van der Waals surface area (Å²) in [6.07, 6.45) is 5.02. The van der Waals surface area contributed by atoms with Crippen LogP contribution < -0.4 is 20.9 Å². The second kappa shape index (κ2) is 6.22. The zero-order valence-electron chi connectivity index (χ0n) is 20.3. The van der Waals surface area contributed by atoms with Crippen LogP contribution in [0.3, 0.4) is 0 Å². The molecule has 4 bridgehead atoms. The molecule has 0 radical (unpaired) electrons. The highest BCUT2D eigenvalue weighted by molar-refractivity contribution is 5.65. The molecule has 9 nitrogen and oxygen atoms in total. The van der Waals surface area contributed by atoms with Crippen molar-refractivity contribution in [1.29, 1.82) is 0 Å². The summed E-state index contributed by atoms with van der Waals surface area (Å²) in [5.74, 6) is 1.37. The van der Waals surface area contributed by atoms with Crippen molar-refractivity contribution < 1.29 is 14.2 Å². The number of nitrogens with zero attached hydrogens (tertiary/aromatic N) is 4. The summed E-state index contributed by atoms with van der Waals surface area (Å²) in [7, 11) is 5.33. The van der Waals surface area contributed by atoms with Gasteiger partial charge in [-0.1, -0.05) is 30.3 Å². The third-order valence-corrected chi connectivity index (χ3v) is 9.50. The van der Waals surface area contributed by atoms with Gasteiger partial charge in [0.2, 0.25) is 5.72 Å². The average molecular weight is 487 g/mol. The van der Waals surface area contributed by atoms with E-state index < -0.39 is 28.5 Å². The van der Waals surface area contributed by atoms with E-state index in [1.807, 2.05) is 30.3 Å². The number of likely N-dealkylation sites (N-methyl/N-ethyl adjacent to an activating group) is 1. The van der Waals surface area contributed by atoms with Crippen LogP contribution in [-0.2, 0) is 27.8 Å². The number of piperidine rings is 1. The summed E-state index contributed by atoms with van der Waals surface area (Å²) in [6.45, 7) is 0.842. The fourth-order valence-corrected chi connectivity index (χ4v) is 8.16. The molecule has 1 saturated heterocycles. The van der Waals surface area contributed by atoms with Crippen molar-refractivity contribution in [2.75, 3.05) is 27.8 Å². The highest BCUT2D eigenvalue weighted by atomic mass is 16.6. The normalized spacial score (nSPS) is 34.3. The fourth-order valence-electron chi connectivity index (χ4n) is 8.16. The molecule has 0 amide bonds. The van der Waals surface area contributed by atoms with Crippen LogP contribution in [0.15, 0.2) is 64.2 Å². The van der Waals surface area contributed by atoms with E-state index in [2.05, 4.69) is 24.1 Å². The molecule has 184 valence electrons. The third kappa shape index (κ3) is 1.82. The Kier molecular flexibility index (Phi) is 3.56. The van der Waals surface area contributed by atoms with Crippen molar-refractivity contribution in [1.82, 2.24) is 18.8 Å². The third-order valence-electron chi connectivity index (χ3n) is 9.50. The summed E-state index contributed by atoms with van der Waals surface area (Å²) < 4.78 is 23.3. The Morgan fingerprint density at radius 1 is 1.00 bits per heavy atom. The summed E-state index contributed by atoms with van der Waals surface area (Å²) in [6, 6.07) is 13.1. The van der Waals surface area contributed by atoms with E-state index in [0.29, 0.717) is 17.2 Å². The lowest BCUT2D eigenvalue weighted by Gasteiger charge is -2.68. The van der Waals surface area contributed by atoms with E-state index in [1.54, 1.807) is 31.0 Å². The number of methoxy groups -OCH3 is 2. The minimum absolute atomic E-state index is 0.0504. The first-order chi connectivity index (χ1) is 17.5. The molecule has 5 heterocycles. The van der Waals surface area contributed by atoms with Crippen LogP contribution in [0.4, 0.5) is 0 Å². The molecule has 0 saturated carbocycles. The molecule has 2 aliphatic carbocycles. The number of ether oxygens (including phenoxy) is 3. The van der Waals surface area contributed by atoms with Gasteiger partial charge in [0, 0.05) is 18.7 Å². The van der Waals surface area contributed by atoms with Crippen LogP contribution in [0.1, 0.15) is 17.5 Å². The molecule has 9 rings (SSSR count). The van der Waals surface area contributed by atoms with E-state index >= 15 is 0 Å². The van der Waals surface area contributed by atoms with Crippen LogP contribution in [0.25, 0.3) is 5.69 Å². The summed E-state index contributed by atoms with van der Waals surface area (Å²) in [5, 5.41) is 0. The van der Waals surface area contributed by atoms with Gasteiger partial charge in [-0.2, -0.15) is 4.68 Å². The van der Waals surface area contributed by atoms with Crippen molar-refractivity contribution in [3.63, 3.8) is 0 Å². The quantitative estimate of drug-likeness (QED) is 0.520. The molecule has 2 aromatic carbocycles. The fraction of sp³-hybridized carbons (Fsp3) is 0.407. The highest BCUT2D eigenvalue weighted by Crippen LogP contribution is 2.70. The van der Waals surface area contributed by atoms with Gasteiger partial charge in [-0.15, -0.1) is 0 Å². The molecule has 4 aliphatic heterocycles. The van der Waals surface area contributed by atoms with Crippen LogP contribution in [-0.4, -0.2) is 58.8 Å². The molecule has 2 spiro atoms. The monoisotopic (exact) mass is 486 g/mol. The van der Waals surface area contributed by atoms with Crippen molar-refractivity contribution in [2.24, 2.45) is 0 Å². The molecule has 36 heavy (non-hydrogen) atoms. The number of likely N-dealkylation sites (tertiary alicyclic amines) is 1. The lowest BCUT2D eigenvalue weighted by Crippen LogP contribution is -2.83. The van der Waals surface area contributed by atoms with Gasteiger partial charge in [-0.3, -0.25) is 0 Å². The van der Waals surface area contributed by atoms with E-state index in [9.17, 15) is 9.59 Å². The topological polar surface area (TPSA) is 79.9 Å². The number of benzene rings is 2. The van der Waals surface area contributed by atoms with E-state index in [4.69, 9.17) is 14.2 Å². The van der Waals surface area contributed by atoms with Crippen molar-refractivity contribution >= 4 is 0 Å². The van der Waals surface area contributed by atoms with Gasteiger partial charge in [-0.05, 0) is 56.3 Å². The lowest BCUT2D eigenvalue weighted by atomic mass is 9.47. The minimum atomic E-state index is -1.29. The second-order valence-corrected chi connectivity index (χ2v) is 10.5. The number of hydrogen-bond donors (Lipinski definition) is 0. The maximum atomic E-state index is 14.4. The SMILES string of the molecule is COc1ccc2c3c1OC1C4(OC)C=CC5(C(C2)N(C)CCC315)n1c(=O)n(-c2ccccc2)c(=O)n14. The zero-order chi connectivity index (χ0) is 24.6. The molecule has 3 aromatic rings. The van der Waals surface area contributed by atoms with Gasteiger partial charge in [0.1, 0.15) is 5.54 Å². The van der Waals surface area contributed by atoms with Crippen LogP contribution in [0.5, 0.6) is 11.5 Å². The maximum Gasteiger partial charge on any atom is 0.354 e. The second-order valence-electron chi connectivity index (χ2n) is 10.5. The van der Waals surface area contributed by atoms with E-state index in [0.717, 1.165) is 24.9 Å². The predicted molar refractivity (Wildman–Crippen MR) is 130 cm³/mol. The Balaban J connectivity index is 1.56. The zero-order valence-corrected chi connectivity index (χ0v) is 20.3. The highest BCUT2D eigenvalue weighted by Gasteiger charge is 2.80. The first-order valence-electron chi connectivity index (χ1n) is 12.3. The van der Waals surface area contributed by atoms with Gasteiger partial charge < -0.3 is 19.1 Å². The van der Waals surface area contributed by atoms with Crippen LogP contribution in [0, 0.1) is 0 Å². The van der Waals surface area contributed by atoms with Gasteiger partial charge in [0.25, 0.3) is 0 Å². The Labute approximate surface area is 206 Å². The first-order valence-corrected chi connectivity index (χ1v) is 12.3. The molecular weight excluding hydrogens is 460 g/mol. The molecular formula is C27H26N4O5. The van der Waals surface area contributed by atoms with Crippen molar-refractivity contribution in [2.45, 2.75) is 41.7 Å². The van der Waals surface area contributed by atoms with Gasteiger partial charge in [-0.25, -0.2) is 18.8 Å². The summed E-state index contributed by atoms with van der Waals surface area (Å²) in [4.78, 5) is 30.8. The van der Waals surface area contributed by atoms with Gasteiger partial charge >= 0.3 is 11.4 Å². The molecule has 5 unspecified atom stereocenters. The minimum Gasteiger partial charge on any atom is -0.493 e. The number of rotatable bonds is 3. The lowest BCUT2D eigenvalue weighted by molar-refractivity contribution is -0.229. The summed E-state index contributed by atoms with van der Waals surface area (Å²) >= 11 is 0. The largest absolute Gasteiger partial charge is 0.493 e. The van der Waals surface area contributed by atoms with Crippen molar-refractivity contribution in [3.8, 4) is 17.2 Å². The number of para-hydroxylation sites is 1. The van der Waals surface area contributed by atoms with Crippen LogP contribution >= 0.6 is 0 Å². The molecule has 6 aliphatic rings. The Bertz CT molecular complexity index is 1620. The smallest absolute Gasteiger partial charge is 0.354 e. The Morgan fingerprint density at radius 2 is 1.78 bits per heavy atom. The molecule has 1 fully saturated rings. The summed E-state index contributed by atoms with van der Waals surface area (Å²) in [5.41, 5.74) is -0.689. The van der Waals surface area contributed by atoms with Gasteiger partial charge in [0.05, 0.1) is 18.2 Å². The van der Waals surface area contributed by atoms with E-state index in [1.165, 1.54) is 14.8 Å². The average Bonchev–Trinajstić information content (AvgIpc) is 3.41. The Morgan fingerprint density at radius 3 is 2.53 bits per heavy atom. The van der Waals surface area contributed by atoms with Crippen molar-refractivity contribution in [3.05, 3.63) is 86.7 Å². The predicted octanol–water partition coefficient (Wildman–Crippen LogP) is 1.35. The molecule has 5 atom stereocenters. The first kappa shape index (κ1) is 20.6.